The molecular formula is C10H12N2O3. The summed E-state index contributed by atoms with van der Waals surface area (Å²) in [6, 6.07) is 3.50. The third kappa shape index (κ3) is 1.60. The molecule has 15 heavy (non-hydrogen) atoms. The molecule has 1 aromatic rings. The molecule has 1 heterocycles. The van der Waals surface area contributed by atoms with Gasteiger partial charge in [0.15, 0.2) is 0 Å². The Hall–Kier alpha value is -1.78. The number of hydrogen-bond acceptors (Lipinski definition) is 3. The molecule has 5 nitrogen and oxygen atoms in total. The highest BCUT2D eigenvalue weighted by Gasteiger charge is 2.57. The van der Waals surface area contributed by atoms with Gasteiger partial charge in [-0.25, -0.2) is 0 Å². The van der Waals surface area contributed by atoms with Crippen molar-refractivity contribution in [3.8, 4) is 0 Å². The van der Waals surface area contributed by atoms with Crippen molar-refractivity contribution in [1.82, 2.24) is 4.98 Å². The Balaban J connectivity index is 2.06. The van der Waals surface area contributed by atoms with Crippen molar-refractivity contribution in [2.75, 3.05) is 12.4 Å². The molecule has 0 bridgehead atoms. The number of nitrogens with one attached hydrogen (secondary N) is 2. The van der Waals surface area contributed by atoms with Gasteiger partial charge in [0, 0.05) is 6.20 Å². The number of H-pyrrole nitrogens is 1. The summed E-state index contributed by atoms with van der Waals surface area (Å²) >= 11 is 0. The number of methoxy groups -OCH3 is 1. The highest BCUT2D eigenvalue weighted by Crippen LogP contribution is 2.47. The van der Waals surface area contributed by atoms with E-state index in [2.05, 4.69) is 15.0 Å². The van der Waals surface area contributed by atoms with Gasteiger partial charge in [-0.3, -0.25) is 9.59 Å². The number of aromatic nitrogens is 1. The number of amides is 1. The first kappa shape index (κ1) is 9.76. The van der Waals surface area contributed by atoms with Gasteiger partial charge in [0.1, 0.15) is 11.2 Å². The SMILES string of the molecule is COC(=O)C1(C(=O)Nc2ccc[nH]2)CC1. The fourth-order valence-corrected chi connectivity index (χ4v) is 1.49. The summed E-state index contributed by atoms with van der Waals surface area (Å²) in [4.78, 5) is 26.0. The van der Waals surface area contributed by atoms with Crippen molar-refractivity contribution in [3.05, 3.63) is 18.3 Å². The minimum absolute atomic E-state index is 0.295. The van der Waals surface area contributed by atoms with Crippen LogP contribution in [0.1, 0.15) is 12.8 Å². The average molecular weight is 208 g/mol. The Bertz CT molecular complexity index is 379. The standard InChI is InChI=1S/C10H12N2O3/c1-15-9(14)10(4-5-10)8(13)12-7-3-2-6-11-7/h2-3,6,11H,4-5H2,1H3,(H,12,13). The lowest BCUT2D eigenvalue weighted by atomic mass is 10.1. The summed E-state index contributed by atoms with van der Waals surface area (Å²) in [7, 11) is 1.30. The molecule has 1 saturated carbocycles. The number of ether oxygens (including phenoxy) is 1. The zero-order valence-electron chi connectivity index (χ0n) is 8.37. The lowest BCUT2D eigenvalue weighted by molar-refractivity contribution is -0.150. The second kappa shape index (κ2) is 3.42. The summed E-state index contributed by atoms with van der Waals surface area (Å²) in [6.45, 7) is 0. The largest absolute Gasteiger partial charge is 0.468 e. The first-order valence-electron chi connectivity index (χ1n) is 4.72. The Morgan fingerprint density at radius 2 is 2.27 bits per heavy atom. The van der Waals surface area contributed by atoms with E-state index in [1.54, 1.807) is 18.3 Å². The number of hydrogen-bond donors (Lipinski definition) is 2. The van der Waals surface area contributed by atoms with E-state index in [1.807, 2.05) is 0 Å². The van der Waals surface area contributed by atoms with Crippen LogP contribution in [0.5, 0.6) is 0 Å². The number of carbonyl (C=O) groups is 2. The molecule has 1 aromatic heterocycles. The summed E-state index contributed by atoms with van der Waals surface area (Å²) < 4.78 is 4.61. The lowest BCUT2D eigenvalue weighted by Crippen LogP contribution is -2.32. The van der Waals surface area contributed by atoms with Crippen molar-refractivity contribution in [3.63, 3.8) is 0 Å². The molecule has 1 aliphatic rings. The third-order valence-corrected chi connectivity index (χ3v) is 2.61. The van der Waals surface area contributed by atoms with Crippen LogP contribution in [0.4, 0.5) is 5.82 Å². The summed E-state index contributed by atoms with van der Waals surface area (Å²) in [5.41, 5.74) is -0.945. The highest BCUT2D eigenvalue weighted by atomic mass is 16.5. The second-order valence-corrected chi connectivity index (χ2v) is 3.61. The molecule has 0 atom stereocenters. The van der Waals surface area contributed by atoms with Crippen molar-refractivity contribution in [2.45, 2.75) is 12.8 Å². The zero-order valence-corrected chi connectivity index (χ0v) is 8.37. The van der Waals surface area contributed by atoms with Gasteiger partial charge in [-0.1, -0.05) is 0 Å². The maximum Gasteiger partial charge on any atom is 0.321 e. The van der Waals surface area contributed by atoms with Gasteiger partial charge in [0.05, 0.1) is 7.11 Å². The van der Waals surface area contributed by atoms with E-state index in [0.29, 0.717) is 18.7 Å². The Morgan fingerprint density at radius 1 is 1.53 bits per heavy atom. The summed E-state index contributed by atoms with van der Waals surface area (Å²) in [5, 5.41) is 2.64. The van der Waals surface area contributed by atoms with Gasteiger partial charge < -0.3 is 15.0 Å². The highest BCUT2D eigenvalue weighted by molar-refractivity contribution is 6.11. The van der Waals surface area contributed by atoms with Crippen LogP contribution in [0.15, 0.2) is 18.3 Å². The maximum atomic E-state index is 11.8. The summed E-state index contributed by atoms with van der Waals surface area (Å²) in [6.07, 6.45) is 2.83. The van der Waals surface area contributed by atoms with Crippen molar-refractivity contribution < 1.29 is 14.3 Å². The monoisotopic (exact) mass is 208 g/mol. The number of carbonyl (C=O) groups excluding carboxylic acids is 2. The number of rotatable bonds is 3. The lowest BCUT2D eigenvalue weighted by Gasteiger charge is -2.11. The predicted octanol–water partition coefficient (Wildman–Crippen LogP) is 0.906. The molecule has 0 aliphatic heterocycles. The molecule has 80 valence electrons. The van der Waals surface area contributed by atoms with E-state index >= 15 is 0 Å². The summed E-state index contributed by atoms with van der Waals surface area (Å²) in [5.74, 6) is -0.154. The molecule has 0 unspecified atom stereocenters. The molecule has 1 fully saturated rings. The van der Waals surface area contributed by atoms with Gasteiger partial charge in [-0.15, -0.1) is 0 Å². The zero-order chi connectivity index (χ0) is 10.9. The predicted molar refractivity (Wildman–Crippen MR) is 53.1 cm³/mol. The van der Waals surface area contributed by atoms with E-state index in [4.69, 9.17) is 0 Å². The van der Waals surface area contributed by atoms with E-state index < -0.39 is 11.4 Å². The smallest absolute Gasteiger partial charge is 0.321 e. The first-order chi connectivity index (χ1) is 7.19. The van der Waals surface area contributed by atoms with E-state index in [-0.39, 0.29) is 5.91 Å². The Morgan fingerprint density at radius 3 is 2.73 bits per heavy atom. The Kier molecular flexibility index (Phi) is 2.22. The van der Waals surface area contributed by atoms with Crippen molar-refractivity contribution in [1.29, 1.82) is 0 Å². The second-order valence-electron chi connectivity index (χ2n) is 3.61. The normalized spacial score (nSPS) is 16.9. The number of anilines is 1. The molecule has 2 N–H and O–H groups in total. The van der Waals surface area contributed by atoms with Crippen LogP contribution in [-0.2, 0) is 14.3 Å². The molecule has 5 heteroatoms. The fourth-order valence-electron chi connectivity index (χ4n) is 1.49. The molecule has 0 saturated heterocycles. The molecule has 0 radical (unpaired) electrons. The molecule has 0 aromatic carbocycles. The van der Waals surface area contributed by atoms with Crippen LogP contribution in [0.2, 0.25) is 0 Å². The molecule has 1 aliphatic carbocycles. The molecule has 2 rings (SSSR count). The minimum Gasteiger partial charge on any atom is -0.468 e. The topological polar surface area (TPSA) is 71.2 Å². The number of aromatic amines is 1. The van der Waals surface area contributed by atoms with Gasteiger partial charge >= 0.3 is 5.97 Å². The van der Waals surface area contributed by atoms with Gasteiger partial charge in [-0.2, -0.15) is 0 Å². The Labute approximate surface area is 86.8 Å². The van der Waals surface area contributed by atoms with Crippen molar-refractivity contribution in [2.24, 2.45) is 5.41 Å². The first-order valence-corrected chi connectivity index (χ1v) is 4.72. The van der Waals surface area contributed by atoms with Crippen LogP contribution >= 0.6 is 0 Å². The number of esters is 1. The van der Waals surface area contributed by atoms with E-state index in [9.17, 15) is 9.59 Å². The van der Waals surface area contributed by atoms with Crippen LogP contribution < -0.4 is 5.32 Å². The van der Waals surface area contributed by atoms with Crippen LogP contribution in [0.3, 0.4) is 0 Å². The average Bonchev–Trinajstić information content (AvgIpc) is 2.91. The maximum absolute atomic E-state index is 11.8. The fraction of sp³-hybridized carbons (Fsp3) is 0.400. The van der Waals surface area contributed by atoms with Gasteiger partial charge in [0.25, 0.3) is 0 Å². The molecular weight excluding hydrogens is 196 g/mol. The van der Waals surface area contributed by atoms with Gasteiger partial charge in [0.2, 0.25) is 5.91 Å². The van der Waals surface area contributed by atoms with Crippen molar-refractivity contribution >= 4 is 17.7 Å². The third-order valence-electron chi connectivity index (χ3n) is 2.61. The minimum atomic E-state index is -0.945. The quantitative estimate of drug-likeness (QED) is 0.572. The van der Waals surface area contributed by atoms with Crippen LogP contribution in [-0.4, -0.2) is 24.0 Å². The van der Waals surface area contributed by atoms with Gasteiger partial charge in [-0.05, 0) is 25.0 Å². The molecule has 1 amide bonds. The van der Waals surface area contributed by atoms with Crippen LogP contribution in [0.25, 0.3) is 0 Å². The van der Waals surface area contributed by atoms with E-state index in [0.717, 1.165) is 0 Å². The van der Waals surface area contributed by atoms with E-state index in [1.165, 1.54) is 7.11 Å². The van der Waals surface area contributed by atoms with Crippen LogP contribution in [0, 0.1) is 5.41 Å². The molecule has 0 spiro atoms.